The summed E-state index contributed by atoms with van der Waals surface area (Å²) < 4.78 is 17.9. The standard InChI is InChI=1S/C14H14N2O2S/c15-12-5-3-7-16-14(12)19(17)9-10-8-18-13-6-2-1-4-11(10)13/h1-7,10H,8-9,15H2. The van der Waals surface area contributed by atoms with Gasteiger partial charge < -0.3 is 10.5 Å². The van der Waals surface area contributed by atoms with Gasteiger partial charge in [0.25, 0.3) is 0 Å². The van der Waals surface area contributed by atoms with Crippen molar-refractivity contribution in [2.75, 3.05) is 18.1 Å². The fraction of sp³-hybridized carbons (Fsp3) is 0.214. The molecule has 0 saturated heterocycles. The van der Waals surface area contributed by atoms with Crippen LogP contribution in [-0.2, 0) is 10.8 Å². The van der Waals surface area contributed by atoms with E-state index >= 15 is 0 Å². The molecule has 0 bridgehead atoms. The fourth-order valence-electron chi connectivity index (χ4n) is 2.22. The number of pyridine rings is 1. The van der Waals surface area contributed by atoms with Crippen LogP contribution in [-0.4, -0.2) is 21.6 Å². The Labute approximate surface area is 114 Å². The average Bonchev–Trinajstić information content (AvgIpc) is 2.83. The van der Waals surface area contributed by atoms with Crippen LogP contribution in [0.2, 0.25) is 0 Å². The number of hydrogen-bond donors (Lipinski definition) is 1. The molecular formula is C14H14N2O2S. The predicted octanol–water partition coefficient (Wildman–Crippen LogP) is 1.95. The lowest BCUT2D eigenvalue weighted by Gasteiger charge is -2.09. The molecule has 0 saturated carbocycles. The van der Waals surface area contributed by atoms with Crippen molar-refractivity contribution in [3.8, 4) is 5.75 Å². The van der Waals surface area contributed by atoms with Crippen molar-refractivity contribution in [2.24, 2.45) is 0 Å². The number of aromatic nitrogens is 1. The highest BCUT2D eigenvalue weighted by atomic mass is 32.2. The van der Waals surface area contributed by atoms with Crippen molar-refractivity contribution in [2.45, 2.75) is 10.9 Å². The molecule has 0 fully saturated rings. The summed E-state index contributed by atoms with van der Waals surface area (Å²) in [5.74, 6) is 1.51. The molecule has 0 radical (unpaired) electrons. The maximum atomic E-state index is 12.3. The van der Waals surface area contributed by atoms with E-state index in [0.717, 1.165) is 11.3 Å². The Balaban J connectivity index is 1.81. The van der Waals surface area contributed by atoms with E-state index in [1.807, 2.05) is 24.3 Å². The molecule has 1 aromatic heterocycles. The third-order valence-corrected chi connectivity index (χ3v) is 4.65. The molecule has 2 atom stereocenters. The molecule has 1 aliphatic heterocycles. The number of rotatable bonds is 3. The molecule has 0 spiro atoms. The zero-order chi connectivity index (χ0) is 13.2. The SMILES string of the molecule is Nc1cccnc1S(=O)CC1COc2ccccc21. The molecule has 3 rings (SSSR count). The van der Waals surface area contributed by atoms with E-state index < -0.39 is 10.8 Å². The summed E-state index contributed by atoms with van der Waals surface area (Å²) in [6, 6.07) is 11.3. The van der Waals surface area contributed by atoms with Crippen molar-refractivity contribution in [3.05, 3.63) is 48.2 Å². The number of para-hydroxylation sites is 1. The summed E-state index contributed by atoms with van der Waals surface area (Å²) in [7, 11) is -1.21. The second-order valence-corrected chi connectivity index (χ2v) is 5.87. The van der Waals surface area contributed by atoms with Crippen molar-refractivity contribution in [1.29, 1.82) is 0 Å². The van der Waals surface area contributed by atoms with Gasteiger partial charge >= 0.3 is 0 Å². The largest absolute Gasteiger partial charge is 0.493 e. The molecule has 19 heavy (non-hydrogen) atoms. The number of nitrogen functional groups attached to an aromatic ring is 1. The van der Waals surface area contributed by atoms with E-state index in [9.17, 15) is 4.21 Å². The van der Waals surface area contributed by atoms with Crippen LogP contribution in [0.5, 0.6) is 5.75 Å². The lowest BCUT2D eigenvalue weighted by molar-refractivity contribution is 0.338. The minimum absolute atomic E-state index is 0.137. The molecule has 98 valence electrons. The van der Waals surface area contributed by atoms with E-state index in [0.29, 0.717) is 23.1 Å². The van der Waals surface area contributed by atoms with E-state index in [4.69, 9.17) is 10.5 Å². The van der Waals surface area contributed by atoms with Crippen LogP contribution >= 0.6 is 0 Å². The third kappa shape index (κ3) is 2.33. The topological polar surface area (TPSA) is 65.2 Å². The number of nitrogens with two attached hydrogens (primary N) is 1. The molecule has 2 unspecified atom stereocenters. The molecule has 2 aromatic rings. The van der Waals surface area contributed by atoms with Crippen molar-refractivity contribution < 1.29 is 8.95 Å². The van der Waals surface area contributed by atoms with Gasteiger partial charge in [0.05, 0.1) is 23.1 Å². The number of hydrogen-bond acceptors (Lipinski definition) is 4. The van der Waals surface area contributed by atoms with E-state index in [1.54, 1.807) is 18.3 Å². The summed E-state index contributed by atoms with van der Waals surface area (Å²) >= 11 is 0. The molecule has 5 heteroatoms. The second-order valence-electron chi connectivity index (χ2n) is 4.46. The molecule has 0 amide bonds. The first-order valence-corrected chi connectivity index (χ1v) is 7.38. The van der Waals surface area contributed by atoms with Gasteiger partial charge in [-0.1, -0.05) is 18.2 Å². The summed E-state index contributed by atoms with van der Waals surface area (Å²) in [6.45, 7) is 0.567. The van der Waals surface area contributed by atoms with Gasteiger partial charge in [0.2, 0.25) is 0 Å². The summed E-state index contributed by atoms with van der Waals surface area (Å²) in [5.41, 5.74) is 7.40. The lowest BCUT2D eigenvalue weighted by atomic mass is 10.0. The smallest absolute Gasteiger partial charge is 0.150 e. The van der Waals surface area contributed by atoms with Gasteiger partial charge in [-0.2, -0.15) is 0 Å². The molecule has 2 heterocycles. The quantitative estimate of drug-likeness (QED) is 0.929. The predicted molar refractivity (Wildman–Crippen MR) is 74.6 cm³/mol. The monoisotopic (exact) mass is 274 g/mol. The number of nitrogens with zero attached hydrogens (tertiary/aromatic N) is 1. The summed E-state index contributed by atoms with van der Waals surface area (Å²) in [6.07, 6.45) is 1.61. The van der Waals surface area contributed by atoms with Crippen LogP contribution in [0, 0.1) is 0 Å². The van der Waals surface area contributed by atoms with E-state index in [2.05, 4.69) is 4.98 Å². The molecule has 0 aliphatic carbocycles. The minimum atomic E-state index is -1.21. The highest BCUT2D eigenvalue weighted by Gasteiger charge is 2.26. The molecule has 2 N–H and O–H groups in total. The van der Waals surface area contributed by atoms with E-state index in [-0.39, 0.29) is 5.92 Å². The van der Waals surface area contributed by atoms with Crippen LogP contribution in [0.25, 0.3) is 0 Å². The molecular weight excluding hydrogens is 260 g/mol. The van der Waals surface area contributed by atoms with Crippen LogP contribution < -0.4 is 10.5 Å². The Morgan fingerprint density at radius 3 is 3.00 bits per heavy atom. The van der Waals surface area contributed by atoms with Gasteiger partial charge in [-0.15, -0.1) is 0 Å². The van der Waals surface area contributed by atoms with Crippen molar-refractivity contribution >= 4 is 16.5 Å². The fourth-order valence-corrected chi connectivity index (χ4v) is 3.53. The minimum Gasteiger partial charge on any atom is -0.493 e. The number of fused-ring (bicyclic) bond motifs is 1. The van der Waals surface area contributed by atoms with Crippen LogP contribution in [0.15, 0.2) is 47.6 Å². The first kappa shape index (κ1) is 12.2. The first-order valence-electron chi connectivity index (χ1n) is 6.06. The highest BCUT2D eigenvalue weighted by Crippen LogP contribution is 2.34. The van der Waals surface area contributed by atoms with Crippen LogP contribution in [0.3, 0.4) is 0 Å². The Hall–Kier alpha value is -1.88. The van der Waals surface area contributed by atoms with Crippen LogP contribution in [0.1, 0.15) is 11.5 Å². The molecule has 4 nitrogen and oxygen atoms in total. The Morgan fingerprint density at radius 2 is 2.16 bits per heavy atom. The summed E-state index contributed by atoms with van der Waals surface area (Å²) in [5, 5.41) is 0.465. The Morgan fingerprint density at radius 1 is 1.32 bits per heavy atom. The summed E-state index contributed by atoms with van der Waals surface area (Å²) in [4.78, 5) is 4.11. The highest BCUT2D eigenvalue weighted by molar-refractivity contribution is 7.85. The number of benzene rings is 1. The van der Waals surface area contributed by atoms with Gasteiger partial charge in [-0.3, -0.25) is 4.21 Å². The van der Waals surface area contributed by atoms with Crippen LogP contribution in [0.4, 0.5) is 5.69 Å². The van der Waals surface area contributed by atoms with Gasteiger partial charge in [0.15, 0.2) is 0 Å². The van der Waals surface area contributed by atoms with Gasteiger partial charge in [0.1, 0.15) is 10.8 Å². The molecule has 1 aliphatic rings. The zero-order valence-electron chi connectivity index (χ0n) is 10.3. The first-order chi connectivity index (χ1) is 9.25. The maximum absolute atomic E-state index is 12.3. The van der Waals surface area contributed by atoms with Gasteiger partial charge in [-0.05, 0) is 18.2 Å². The second kappa shape index (κ2) is 5.01. The Kier molecular flexibility index (Phi) is 3.21. The average molecular weight is 274 g/mol. The zero-order valence-corrected chi connectivity index (χ0v) is 11.1. The van der Waals surface area contributed by atoms with Gasteiger partial charge in [0, 0.05) is 23.4 Å². The number of ether oxygens (including phenoxy) is 1. The normalized spacial score (nSPS) is 18.6. The van der Waals surface area contributed by atoms with Crippen molar-refractivity contribution in [1.82, 2.24) is 4.98 Å². The van der Waals surface area contributed by atoms with Gasteiger partial charge in [-0.25, -0.2) is 4.98 Å². The van der Waals surface area contributed by atoms with E-state index in [1.165, 1.54) is 0 Å². The van der Waals surface area contributed by atoms with Crippen molar-refractivity contribution in [3.63, 3.8) is 0 Å². The maximum Gasteiger partial charge on any atom is 0.150 e. The lowest BCUT2D eigenvalue weighted by Crippen LogP contribution is -2.13. The Bertz CT molecular complexity index is 630. The number of anilines is 1. The molecule has 1 aromatic carbocycles. The third-order valence-electron chi connectivity index (χ3n) is 3.17.